The minimum atomic E-state index is -0.00250. The Morgan fingerprint density at radius 2 is 1.94 bits per heavy atom. The zero-order chi connectivity index (χ0) is 23.9. The fourth-order valence-corrected chi connectivity index (χ4v) is 4.07. The summed E-state index contributed by atoms with van der Waals surface area (Å²) in [6, 6.07) is 13.4. The number of aromatic amines is 1. The van der Waals surface area contributed by atoms with E-state index >= 15 is 0 Å². The lowest BCUT2D eigenvalue weighted by Crippen LogP contribution is -2.38. The van der Waals surface area contributed by atoms with Crippen molar-refractivity contribution in [1.29, 1.82) is 0 Å². The van der Waals surface area contributed by atoms with Crippen LogP contribution in [0.15, 0.2) is 47.6 Å². The highest BCUT2D eigenvalue weighted by molar-refractivity contribution is 7.71. The molecule has 0 spiro atoms. The van der Waals surface area contributed by atoms with Crippen LogP contribution in [-0.2, 0) is 4.79 Å². The smallest absolute Gasteiger partial charge is 0.260 e. The fraction of sp³-hybridized carbons (Fsp3) is 0.360. The number of carbonyl (C=O) groups excluding carboxylic acids is 1. The zero-order valence-corrected chi connectivity index (χ0v) is 20.3. The van der Waals surface area contributed by atoms with Crippen molar-refractivity contribution in [2.45, 2.75) is 33.1 Å². The van der Waals surface area contributed by atoms with E-state index < -0.39 is 0 Å². The van der Waals surface area contributed by atoms with Crippen LogP contribution < -0.4 is 9.47 Å². The summed E-state index contributed by atoms with van der Waals surface area (Å²) >= 11 is 5.38. The summed E-state index contributed by atoms with van der Waals surface area (Å²) in [4.78, 5) is 14.3. The molecule has 3 aromatic rings. The molecule has 0 atom stereocenters. The minimum absolute atomic E-state index is 0.00250. The van der Waals surface area contributed by atoms with E-state index in [1.54, 1.807) is 17.0 Å². The van der Waals surface area contributed by atoms with Crippen LogP contribution in [0.2, 0.25) is 0 Å². The third kappa shape index (κ3) is 5.53. The molecule has 0 aliphatic carbocycles. The van der Waals surface area contributed by atoms with Gasteiger partial charge in [-0.2, -0.15) is 14.9 Å². The van der Waals surface area contributed by atoms with E-state index in [2.05, 4.69) is 15.3 Å². The minimum Gasteiger partial charge on any atom is -0.490 e. The van der Waals surface area contributed by atoms with Crippen molar-refractivity contribution in [3.05, 3.63) is 58.4 Å². The number of benzene rings is 2. The Morgan fingerprint density at radius 3 is 2.71 bits per heavy atom. The monoisotopic (exact) mass is 479 g/mol. The molecule has 9 heteroatoms. The molecular weight excluding hydrogens is 450 g/mol. The highest BCUT2D eigenvalue weighted by Crippen LogP contribution is 2.28. The van der Waals surface area contributed by atoms with Gasteiger partial charge in [0.1, 0.15) is 0 Å². The molecule has 1 aliphatic heterocycles. The lowest BCUT2D eigenvalue weighted by Gasteiger charge is -2.26. The van der Waals surface area contributed by atoms with E-state index in [1.807, 2.05) is 55.1 Å². The quantitative estimate of drug-likeness (QED) is 0.377. The predicted octanol–water partition coefficient (Wildman–Crippen LogP) is 4.59. The van der Waals surface area contributed by atoms with Gasteiger partial charge < -0.3 is 14.4 Å². The molecule has 1 aliphatic rings. The van der Waals surface area contributed by atoms with Crippen molar-refractivity contribution in [2.24, 2.45) is 5.10 Å². The van der Waals surface area contributed by atoms with Gasteiger partial charge >= 0.3 is 0 Å². The molecule has 1 N–H and O–H groups in total. The summed E-state index contributed by atoms with van der Waals surface area (Å²) < 4.78 is 13.6. The van der Waals surface area contributed by atoms with E-state index in [0.717, 1.165) is 42.6 Å². The van der Waals surface area contributed by atoms with Crippen molar-refractivity contribution in [3.8, 4) is 22.9 Å². The van der Waals surface area contributed by atoms with Crippen LogP contribution in [0.4, 0.5) is 0 Å². The van der Waals surface area contributed by atoms with E-state index in [-0.39, 0.29) is 12.5 Å². The number of ether oxygens (including phenoxy) is 2. The van der Waals surface area contributed by atoms with Gasteiger partial charge in [0.05, 0.1) is 12.8 Å². The van der Waals surface area contributed by atoms with Gasteiger partial charge in [-0.05, 0) is 74.7 Å². The third-order valence-electron chi connectivity index (χ3n) is 5.69. The number of aryl methyl sites for hydroxylation is 1. The first-order valence-corrected chi connectivity index (χ1v) is 11.9. The molecule has 2 heterocycles. The lowest BCUT2D eigenvalue weighted by molar-refractivity contribution is -0.134. The van der Waals surface area contributed by atoms with Gasteiger partial charge in [-0.15, -0.1) is 0 Å². The Balaban J connectivity index is 1.52. The second-order valence-corrected chi connectivity index (χ2v) is 8.48. The number of hydrogen-bond donors (Lipinski definition) is 1. The molecule has 8 nitrogen and oxygen atoms in total. The van der Waals surface area contributed by atoms with E-state index in [0.29, 0.717) is 28.7 Å². The molecule has 1 saturated heterocycles. The summed E-state index contributed by atoms with van der Waals surface area (Å²) in [7, 11) is 0. The normalized spacial score (nSPS) is 13.9. The Bertz CT molecular complexity index is 1230. The van der Waals surface area contributed by atoms with Gasteiger partial charge in [0.2, 0.25) is 4.77 Å². The number of rotatable bonds is 8. The predicted molar refractivity (Wildman–Crippen MR) is 134 cm³/mol. The van der Waals surface area contributed by atoms with Gasteiger partial charge in [0.25, 0.3) is 5.91 Å². The van der Waals surface area contributed by atoms with Gasteiger partial charge in [-0.25, -0.2) is 5.10 Å². The molecular formula is C25H29N5O3S. The van der Waals surface area contributed by atoms with Crippen LogP contribution in [0.3, 0.4) is 0 Å². The number of nitrogens with one attached hydrogen (secondary N) is 1. The van der Waals surface area contributed by atoms with Crippen molar-refractivity contribution in [3.63, 3.8) is 0 Å². The maximum absolute atomic E-state index is 12.5. The van der Waals surface area contributed by atoms with Crippen molar-refractivity contribution in [2.75, 3.05) is 26.3 Å². The molecule has 4 rings (SSSR count). The SMILES string of the molecule is CCOc1cc(/C=N/n2c(-c3ccccc3C)n[nH]c2=S)ccc1OCC(=O)N1CCCCC1. The topological polar surface area (TPSA) is 84.7 Å². The molecule has 34 heavy (non-hydrogen) atoms. The first kappa shape index (κ1) is 23.7. The molecule has 0 unspecified atom stereocenters. The van der Waals surface area contributed by atoms with Crippen molar-refractivity contribution < 1.29 is 14.3 Å². The molecule has 0 bridgehead atoms. The number of hydrogen-bond acceptors (Lipinski definition) is 6. The number of H-pyrrole nitrogens is 1. The second-order valence-electron chi connectivity index (χ2n) is 8.09. The molecule has 1 amide bonds. The van der Waals surface area contributed by atoms with Gasteiger partial charge in [0, 0.05) is 18.7 Å². The number of likely N-dealkylation sites (tertiary alicyclic amines) is 1. The zero-order valence-electron chi connectivity index (χ0n) is 19.5. The highest BCUT2D eigenvalue weighted by atomic mass is 32.1. The largest absolute Gasteiger partial charge is 0.490 e. The second kappa shape index (κ2) is 11.1. The molecule has 178 valence electrons. The molecule has 0 saturated carbocycles. The van der Waals surface area contributed by atoms with Crippen LogP contribution in [0.25, 0.3) is 11.4 Å². The van der Waals surface area contributed by atoms with Crippen molar-refractivity contribution >= 4 is 24.3 Å². The lowest BCUT2D eigenvalue weighted by atomic mass is 10.1. The fourth-order valence-electron chi connectivity index (χ4n) is 3.89. The van der Waals surface area contributed by atoms with Gasteiger partial charge in [-0.3, -0.25) is 4.79 Å². The number of amides is 1. The van der Waals surface area contributed by atoms with Crippen LogP contribution >= 0.6 is 12.2 Å². The summed E-state index contributed by atoms with van der Waals surface area (Å²) in [6.45, 7) is 6.00. The Morgan fingerprint density at radius 1 is 1.15 bits per heavy atom. The first-order valence-electron chi connectivity index (χ1n) is 11.5. The number of aromatic nitrogens is 3. The Kier molecular flexibility index (Phi) is 7.74. The maximum Gasteiger partial charge on any atom is 0.260 e. The molecule has 1 fully saturated rings. The average molecular weight is 480 g/mol. The standard InChI is InChI=1S/C25H29N5O3S/c1-3-32-22-15-19(11-12-21(22)33-17-23(31)29-13-7-4-8-14-29)16-26-30-24(27-28-25(30)34)20-10-6-5-9-18(20)2/h5-6,9-12,15-16H,3-4,7-8,13-14,17H2,1-2H3,(H,28,34)/b26-16+. The van der Waals surface area contributed by atoms with Crippen LogP contribution in [0.1, 0.15) is 37.3 Å². The van der Waals surface area contributed by atoms with Crippen LogP contribution in [-0.4, -0.2) is 58.2 Å². The molecule has 1 aromatic heterocycles. The number of piperidine rings is 1. The van der Waals surface area contributed by atoms with E-state index in [1.165, 1.54) is 6.42 Å². The highest BCUT2D eigenvalue weighted by Gasteiger charge is 2.18. The van der Waals surface area contributed by atoms with E-state index in [9.17, 15) is 4.79 Å². The summed E-state index contributed by atoms with van der Waals surface area (Å²) in [5.74, 6) is 1.74. The van der Waals surface area contributed by atoms with E-state index in [4.69, 9.17) is 21.7 Å². The van der Waals surface area contributed by atoms with Crippen LogP contribution in [0, 0.1) is 11.7 Å². The number of carbonyl (C=O) groups is 1. The van der Waals surface area contributed by atoms with Gasteiger partial charge in [0.15, 0.2) is 23.9 Å². The molecule has 2 aromatic carbocycles. The van der Waals surface area contributed by atoms with Gasteiger partial charge in [-0.1, -0.05) is 24.3 Å². The Labute approximate surface area is 204 Å². The summed E-state index contributed by atoms with van der Waals surface area (Å²) in [5.41, 5.74) is 2.83. The first-order chi connectivity index (χ1) is 16.6. The van der Waals surface area contributed by atoms with Crippen LogP contribution in [0.5, 0.6) is 11.5 Å². The summed E-state index contributed by atoms with van der Waals surface area (Å²) in [6.07, 6.45) is 4.98. The van der Waals surface area contributed by atoms with Crippen molar-refractivity contribution in [1.82, 2.24) is 19.8 Å². The third-order valence-corrected chi connectivity index (χ3v) is 5.95. The number of nitrogens with zero attached hydrogens (tertiary/aromatic N) is 4. The molecule has 0 radical (unpaired) electrons. The maximum atomic E-state index is 12.5. The average Bonchev–Trinajstić information content (AvgIpc) is 3.23. The Hall–Kier alpha value is -3.46. The summed E-state index contributed by atoms with van der Waals surface area (Å²) in [5, 5.41) is 11.7.